The first-order valence-corrected chi connectivity index (χ1v) is 7.51. The Morgan fingerprint density at radius 2 is 2.20 bits per heavy atom. The molecule has 3 N–H and O–H groups in total. The van der Waals surface area contributed by atoms with Gasteiger partial charge in [0.2, 0.25) is 0 Å². The highest BCUT2D eigenvalue weighted by molar-refractivity contribution is 5.81. The van der Waals surface area contributed by atoms with Crippen LogP contribution in [0.3, 0.4) is 0 Å². The van der Waals surface area contributed by atoms with Gasteiger partial charge >= 0.3 is 0 Å². The highest BCUT2D eigenvalue weighted by Gasteiger charge is 2.32. The molecule has 0 saturated heterocycles. The summed E-state index contributed by atoms with van der Waals surface area (Å²) in [5, 5.41) is 4.90. The zero-order valence-electron chi connectivity index (χ0n) is 12.4. The number of fused-ring (bicyclic) bond motifs is 1. The molecule has 0 radical (unpaired) electrons. The third-order valence-electron chi connectivity index (χ3n) is 4.53. The van der Waals surface area contributed by atoms with Crippen LogP contribution >= 0.6 is 0 Å². The van der Waals surface area contributed by atoms with Gasteiger partial charge in [0, 0.05) is 29.6 Å². The van der Waals surface area contributed by atoms with Crippen LogP contribution in [0.25, 0.3) is 11.0 Å². The van der Waals surface area contributed by atoms with Crippen molar-refractivity contribution in [3.05, 3.63) is 36.1 Å². The van der Waals surface area contributed by atoms with Gasteiger partial charge < -0.3 is 15.5 Å². The molecule has 1 fully saturated rings. The lowest BCUT2D eigenvalue weighted by Crippen LogP contribution is -2.35. The van der Waals surface area contributed by atoms with Gasteiger partial charge in [0.1, 0.15) is 5.58 Å². The minimum Gasteiger partial charge on any atom is -0.464 e. The summed E-state index contributed by atoms with van der Waals surface area (Å²) in [6.45, 7) is 5.29. The summed E-state index contributed by atoms with van der Waals surface area (Å²) in [4.78, 5) is 0. The van der Waals surface area contributed by atoms with Crippen LogP contribution in [0.2, 0.25) is 0 Å². The second-order valence-corrected chi connectivity index (χ2v) is 6.75. The fourth-order valence-corrected chi connectivity index (χ4v) is 3.42. The number of hydrogen-bond donors (Lipinski definition) is 2. The van der Waals surface area contributed by atoms with E-state index >= 15 is 0 Å². The SMILES string of the molecule is CC1(C)CCC(NC(CN)c2coc3ccccc23)C1. The summed E-state index contributed by atoms with van der Waals surface area (Å²) in [5.41, 5.74) is 8.58. The lowest BCUT2D eigenvalue weighted by molar-refractivity contribution is 0.353. The molecular weight excluding hydrogens is 248 g/mol. The van der Waals surface area contributed by atoms with Crippen LogP contribution in [0.5, 0.6) is 0 Å². The van der Waals surface area contributed by atoms with Crippen molar-refractivity contribution in [1.82, 2.24) is 5.32 Å². The molecule has 20 heavy (non-hydrogen) atoms. The molecule has 2 atom stereocenters. The number of rotatable bonds is 4. The highest BCUT2D eigenvalue weighted by Crippen LogP contribution is 2.38. The smallest absolute Gasteiger partial charge is 0.134 e. The Bertz CT molecular complexity index is 587. The molecule has 3 heteroatoms. The molecule has 0 aliphatic heterocycles. The molecule has 0 spiro atoms. The Morgan fingerprint density at radius 1 is 1.40 bits per heavy atom. The summed E-state index contributed by atoms with van der Waals surface area (Å²) in [7, 11) is 0. The number of furan rings is 1. The van der Waals surface area contributed by atoms with Crippen molar-refractivity contribution < 1.29 is 4.42 Å². The molecule has 3 nitrogen and oxygen atoms in total. The van der Waals surface area contributed by atoms with Gasteiger partial charge in [-0.3, -0.25) is 0 Å². The van der Waals surface area contributed by atoms with Crippen LogP contribution < -0.4 is 11.1 Å². The molecule has 3 rings (SSSR count). The van der Waals surface area contributed by atoms with E-state index in [9.17, 15) is 0 Å². The van der Waals surface area contributed by atoms with Crippen LogP contribution in [-0.2, 0) is 0 Å². The van der Waals surface area contributed by atoms with Crippen molar-refractivity contribution in [2.75, 3.05) is 6.54 Å². The molecule has 1 saturated carbocycles. The number of para-hydroxylation sites is 1. The van der Waals surface area contributed by atoms with Crippen LogP contribution in [0.4, 0.5) is 0 Å². The van der Waals surface area contributed by atoms with Crippen molar-refractivity contribution in [2.24, 2.45) is 11.1 Å². The minimum absolute atomic E-state index is 0.178. The zero-order valence-corrected chi connectivity index (χ0v) is 12.4. The summed E-state index contributed by atoms with van der Waals surface area (Å²) in [6, 6.07) is 8.90. The lowest BCUT2D eigenvalue weighted by Gasteiger charge is -2.23. The highest BCUT2D eigenvalue weighted by atomic mass is 16.3. The molecule has 2 unspecified atom stereocenters. The monoisotopic (exact) mass is 272 g/mol. The number of nitrogens with one attached hydrogen (secondary N) is 1. The van der Waals surface area contributed by atoms with Gasteiger partial charge in [-0.2, -0.15) is 0 Å². The predicted octanol–water partition coefficient (Wildman–Crippen LogP) is 3.60. The topological polar surface area (TPSA) is 51.2 Å². The van der Waals surface area contributed by atoms with Crippen molar-refractivity contribution in [3.63, 3.8) is 0 Å². The second kappa shape index (κ2) is 5.23. The third kappa shape index (κ3) is 2.60. The van der Waals surface area contributed by atoms with Gasteiger partial charge in [-0.1, -0.05) is 32.0 Å². The van der Waals surface area contributed by atoms with Gasteiger partial charge in [-0.05, 0) is 30.7 Å². The molecule has 108 valence electrons. The van der Waals surface area contributed by atoms with E-state index in [0.29, 0.717) is 18.0 Å². The molecule has 1 heterocycles. The third-order valence-corrected chi connectivity index (χ3v) is 4.53. The summed E-state index contributed by atoms with van der Waals surface area (Å²) in [6.07, 6.45) is 5.60. The van der Waals surface area contributed by atoms with Gasteiger partial charge in [0.05, 0.1) is 6.26 Å². The first-order valence-electron chi connectivity index (χ1n) is 7.51. The van der Waals surface area contributed by atoms with Gasteiger partial charge in [-0.15, -0.1) is 0 Å². The molecule has 2 aromatic rings. The van der Waals surface area contributed by atoms with Crippen LogP contribution in [-0.4, -0.2) is 12.6 Å². The standard InChI is InChI=1S/C17H24N2O/c1-17(2)8-7-12(9-17)19-15(10-18)14-11-20-16-6-4-3-5-13(14)16/h3-6,11-12,15,19H,7-10,18H2,1-2H3. The Labute approximate surface area is 120 Å². The van der Waals surface area contributed by atoms with Gasteiger partial charge in [0.25, 0.3) is 0 Å². The van der Waals surface area contributed by atoms with E-state index in [1.54, 1.807) is 0 Å². The average Bonchev–Trinajstić information content (AvgIpc) is 2.99. The summed E-state index contributed by atoms with van der Waals surface area (Å²) in [5.74, 6) is 0. The average molecular weight is 272 g/mol. The maximum Gasteiger partial charge on any atom is 0.134 e. The summed E-state index contributed by atoms with van der Waals surface area (Å²) >= 11 is 0. The summed E-state index contributed by atoms with van der Waals surface area (Å²) < 4.78 is 5.64. The van der Waals surface area contributed by atoms with Crippen molar-refractivity contribution in [1.29, 1.82) is 0 Å². The fraction of sp³-hybridized carbons (Fsp3) is 0.529. The number of nitrogens with two attached hydrogens (primary N) is 1. The molecule has 1 aliphatic carbocycles. The van der Waals surface area contributed by atoms with Gasteiger partial charge in [-0.25, -0.2) is 0 Å². The van der Waals surface area contributed by atoms with Crippen molar-refractivity contribution in [2.45, 2.75) is 45.2 Å². The Balaban J connectivity index is 1.80. The van der Waals surface area contributed by atoms with E-state index in [1.165, 1.54) is 30.2 Å². The van der Waals surface area contributed by atoms with E-state index in [2.05, 4.69) is 25.2 Å². The first-order chi connectivity index (χ1) is 9.59. The zero-order chi connectivity index (χ0) is 14.2. The molecular formula is C17H24N2O. The van der Waals surface area contributed by atoms with E-state index in [1.807, 2.05) is 24.5 Å². The molecule has 1 aromatic carbocycles. The molecule has 0 bridgehead atoms. The molecule has 1 aliphatic rings. The fourth-order valence-electron chi connectivity index (χ4n) is 3.42. The maximum absolute atomic E-state index is 6.00. The quantitative estimate of drug-likeness (QED) is 0.894. The number of hydrogen-bond acceptors (Lipinski definition) is 3. The minimum atomic E-state index is 0.178. The normalized spacial score (nSPS) is 23.2. The van der Waals surface area contributed by atoms with Crippen molar-refractivity contribution in [3.8, 4) is 0 Å². The second-order valence-electron chi connectivity index (χ2n) is 6.75. The Hall–Kier alpha value is -1.32. The van der Waals surface area contributed by atoms with E-state index < -0.39 is 0 Å². The van der Waals surface area contributed by atoms with E-state index in [-0.39, 0.29) is 6.04 Å². The van der Waals surface area contributed by atoms with Crippen molar-refractivity contribution >= 4 is 11.0 Å². The Morgan fingerprint density at radius 3 is 2.90 bits per heavy atom. The molecule has 0 amide bonds. The van der Waals surface area contributed by atoms with E-state index in [4.69, 9.17) is 10.2 Å². The van der Waals surface area contributed by atoms with Crippen LogP contribution in [0.1, 0.15) is 44.7 Å². The Kier molecular flexibility index (Phi) is 3.57. The van der Waals surface area contributed by atoms with E-state index in [0.717, 1.165) is 5.58 Å². The lowest BCUT2D eigenvalue weighted by atomic mass is 9.91. The van der Waals surface area contributed by atoms with Gasteiger partial charge in [0.15, 0.2) is 0 Å². The largest absolute Gasteiger partial charge is 0.464 e. The predicted molar refractivity (Wildman–Crippen MR) is 82.6 cm³/mol. The van der Waals surface area contributed by atoms with Crippen LogP contribution in [0.15, 0.2) is 34.9 Å². The maximum atomic E-state index is 6.00. The number of benzene rings is 1. The van der Waals surface area contributed by atoms with Crippen LogP contribution in [0, 0.1) is 5.41 Å². The first kappa shape index (κ1) is 13.7. The molecule has 1 aromatic heterocycles.